The largest absolute Gasteiger partial charge is 0.467 e. The zero-order valence-electron chi connectivity index (χ0n) is 21.0. The first-order valence-electron chi connectivity index (χ1n) is 12.1. The molecule has 5 aromatic rings. The lowest BCUT2D eigenvalue weighted by Gasteiger charge is -2.21. The molecule has 0 spiro atoms. The Morgan fingerprint density at radius 2 is 1.69 bits per heavy atom. The summed E-state index contributed by atoms with van der Waals surface area (Å²) in [5, 5.41) is 7.59. The highest BCUT2D eigenvalue weighted by atomic mass is 35.5. The molecule has 0 saturated carbocycles. The maximum atomic E-state index is 13.8. The monoisotopic (exact) mass is 552 g/mol. The molecule has 0 aliphatic carbocycles. The second kappa shape index (κ2) is 10.5. The number of benzene rings is 3. The average molecular weight is 553 g/mol. The topological polar surface area (TPSA) is 61.1 Å². The van der Waals surface area contributed by atoms with Crippen molar-refractivity contribution in [2.75, 3.05) is 6.54 Å². The highest BCUT2D eigenvalue weighted by Crippen LogP contribution is 2.38. The van der Waals surface area contributed by atoms with Gasteiger partial charge in [0.1, 0.15) is 6.10 Å². The fourth-order valence-electron chi connectivity index (χ4n) is 4.68. The number of hydrogen-bond acceptors (Lipinski definition) is 3. The maximum Gasteiger partial charge on any atom is 0.435 e. The summed E-state index contributed by atoms with van der Waals surface area (Å²) >= 11 is 6.33. The van der Waals surface area contributed by atoms with E-state index in [0.717, 1.165) is 38.6 Å². The minimum absolute atomic E-state index is 0.00796. The van der Waals surface area contributed by atoms with Gasteiger partial charge in [-0.3, -0.25) is 4.79 Å². The van der Waals surface area contributed by atoms with Gasteiger partial charge in [0, 0.05) is 35.3 Å². The van der Waals surface area contributed by atoms with Crippen LogP contribution in [0.1, 0.15) is 30.0 Å². The average Bonchev–Trinajstić information content (AvgIpc) is 3.46. The first-order chi connectivity index (χ1) is 18.6. The number of rotatable bonds is 7. The Morgan fingerprint density at radius 1 is 1.03 bits per heavy atom. The van der Waals surface area contributed by atoms with Gasteiger partial charge < -0.3 is 14.6 Å². The number of carbonyl (C=O) groups excluding carboxylic acids is 1. The van der Waals surface area contributed by atoms with Crippen molar-refractivity contribution in [2.45, 2.75) is 26.1 Å². The zero-order valence-corrected chi connectivity index (χ0v) is 21.8. The van der Waals surface area contributed by atoms with E-state index in [-0.39, 0.29) is 29.0 Å². The minimum atomic E-state index is -4.71. The fraction of sp³-hybridized carbons (Fsp3) is 0.172. The van der Waals surface area contributed by atoms with Crippen LogP contribution in [-0.4, -0.2) is 26.8 Å². The van der Waals surface area contributed by atoms with Gasteiger partial charge in [-0.05, 0) is 37.3 Å². The first kappa shape index (κ1) is 26.4. The molecule has 200 valence electrons. The van der Waals surface area contributed by atoms with Crippen LogP contribution in [0.2, 0.25) is 5.02 Å². The highest BCUT2D eigenvalue weighted by Gasteiger charge is 2.36. The Hall–Kier alpha value is -4.24. The first-order valence-corrected chi connectivity index (χ1v) is 12.5. The number of aromatic nitrogens is 3. The van der Waals surface area contributed by atoms with Crippen LogP contribution >= 0.6 is 11.6 Å². The van der Waals surface area contributed by atoms with Gasteiger partial charge >= 0.3 is 6.18 Å². The summed E-state index contributed by atoms with van der Waals surface area (Å²) in [5.41, 5.74) is 2.45. The van der Waals surface area contributed by atoms with E-state index in [1.165, 1.54) is 6.92 Å². The SMILES string of the molecule is CC(=O)NCC(Oc1cc(C(F)(F)F)nn1-c1ccccc1Cl)c1c(C)n(-c2ccccc2)c2ccccc12. The number of nitrogens with zero attached hydrogens (tertiary/aromatic N) is 3. The van der Waals surface area contributed by atoms with E-state index < -0.39 is 18.0 Å². The van der Waals surface area contributed by atoms with Gasteiger partial charge in [0.25, 0.3) is 0 Å². The van der Waals surface area contributed by atoms with Crippen molar-refractivity contribution in [3.05, 3.63) is 107 Å². The number of nitrogens with one attached hydrogen (secondary N) is 1. The molecular formula is C29H24ClF3N4O2. The molecule has 1 amide bonds. The van der Waals surface area contributed by atoms with E-state index in [0.29, 0.717) is 0 Å². The van der Waals surface area contributed by atoms with E-state index in [1.54, 1.807) is 24.3 Å². The van der Waals surface area contributed by atoms with E-state index in [4.69, 9.17) is 16.3 Å². The molecule has 0 bridgehead atoms. The van der Waals surface area contributed by atoms with Crippen LogP contribution in [0.25, 0.3) is 22.3 Å². The molecule has 0 aliphatic heterocycles. The van der Waals surface area contributed by atoms with Crippen molar-refractivity contribution in [2.24, 2.45) is 0 Å². The van der Waals surface area contributed by atoms with Crippen LogP contribution in [0, 0.1) is 6.92 Å². The van der Waals surface area contributed by atoms with Crippen LogP contribution in [0.15, 0.2) is 84.9 Å². The lowest BCUT2D eigenvalue weighted by Crippen LogP contribution is -2.29. The summed E-state index contributed by atoms with van der Waals surface area (Å²) in [6, 6.07) is 24.7. The van der Waals surface area contributed by atoms with Gasteiger partial charge in [-0.2, -0.15) is 23.0 Å². The van der Waals surface area contributed by atoms with Gasteiger partial charge in [-0.15, -0.1) is 0 Å². The van der Waals surface area contributed by atoms with Crippen LogP contribution in [0.3, 0.4) is 0 Å². The molecule has 0 saturated heterocycles. The summed E-state index contributed by atoms with van der Waals surface area (Å²) in [4.78, 5) is 11.9. The van der Waals surface area contributed by atoms with Gasteiger partial charge in [0.15, 0.2) is 5.69 Å². The summed E-state index contributed by atoms with van der Waals surface area (Å²) in [7, 11) is 0. The molecule has 1 N–H and O–H groups in total. The van der Waals surface area contributed by atoms with Gasteiger partial charge in [0.05, 0.1) is 22.8 Å². The molecule has 6 nitrogen and oxygen atoms in total. The third-order valence-electron chi connectivity index (χ3n) is 6.34. The molecule has 1 atom stereocenters. The molecule has 39 heavy (non-hydrogen) atoms. The van der Waals surface area contributed by atoms with Gasteiger partial charge in [0.2, 0.25) is 11.8 Å². The summed E-state index contributed by atoms with van der Waals surface area (Å²) in [5.74, 6) is -0.467. The lowest BCUT2D eigenvalue weighted by molar-refractivity contribution is -0.141. The van der Waals surface area contributed by atoms with E-state index >= 15 is 0 Å². The Bertz CT molecular complexity index is 1640. The van der Waals surface area contributed by atoms with Crippen molar-refractivity contribution >= 4 is 28.4 Å². The number of alkyl halides is 3. The van der Waals surface area contributed by atoms with Crippen LogP contribution < -0.4 is 10.1 Å². The third-order valence-corrected chi connectivity index (χ3v) is 6.66. The van der Waals surface area contributed by atoms with Crippen molar-refractivity contribution in [1.82, 2.24) is 19.7 Å². The minimum Gasteiger partial charge on any atom is -0.467 e. The van der Waals surface area contributed by atoms with Crippen molar-refractivity contribution in [1.29, 1.82) is 0 Å². The smallest absolute Gasteiger partial charge is 0.435 e. The predicted molar refractivity (Wildman–Crippen MR) is 144 cm³/mol. The number of amides is 1. The van der Waals surface area contributed by atoms with Gasteiger partial charge in [-0.1, -0.05) is 60.1 Å². The summed E-state index contributed by atoms with van der Waals surface area (Å²) < 4.78 is 50.7. The zero-order chi connectivity index (χ0) is 27.7. The normalized spacial score (nSPS) is 12.5. The number of ether oxygens (including phenoxy) is 1. The number of fused-ring (bicyclic) bond motifs is 1. The summed E-state index contributed by atoms with van der Waals surface area (Å²) in [6.07, 6.45) is -5.57. The quantitative estimate of drug-likeness (QED) is 0.235. The number of halogens is 4. The van der Waals surface area contributed by atoms with E-state index in [9.17, 15) is 18.0 Å². The second-order valence-electron chi connectivity index (χ2n) is 8.96. The molecule has 1 unspecified atom stereocenters. The molecule has 0 fully saturated rings. The fourth-order valence-corrected chi connectivity index (χ4v) is 4.89. The molecule has 10 heteroatoms. The molecule has 2 aromatic heterocycles. The maximum absolute atomic E-state index is 13.8. The lowest BCUT2D eigenvalue weighted by atomic mass is 10.0. The van der Waals surface area contributed by atoms with Crippen LogP contribution in [0.5, 0.6) is 5.88 Å². The highest BCUT2D eigenvalue weighted by molar-refractivity contribution is 6.32. The number of carbonyl (C=O) groups is 1. The molecule has 5 rings (SSSR count). The van der Waals surface area contributed by atoms with Crippen molar-refractivity contribution in [3.63, 3.8) is 0 Å². The number of hydrogen-bond donors (Lipinski definition) is 1. The molecular weight excluding hydrogens is 529 g/mol. The third kappa shape index (κ3) is 5.22. The standard InChI is InChI=1S/C29H24ClF3N4O2/c1-18-28(21-12-6-8-14-23(21)36(18)20-10-4-3-5-11-20)25(17-34-19(2)38)39-27-16-26(29(31,32)33)35-37(27)24-15-9-7-13-22(24)30/h3-16,25H,17H2,1-2H3,(H,34,38). The Morgan fingerprint density at radius 3 is 2.38 bits per heavy atom. The Balaban J connectivity index is 1.69. The second-order valence-corrected chi connectivity index (χ2v) is 9.37. The van der Waals surface area contributed by atoms with E-state index in [2.05, 4.69) is 15.0 Å². The van der Waals surface area contributed by atoms with Crippen LogP contribution in [0.4, 0.5) is 13.2 Å². The van der Waals surface area contributed by atoms with Gasteiger partial charge in [-0.25, -0.2) is 0 Å². The number of para-hydroxylation sites is 3. The molecule has 3 aromatic carbocycles. The molecule has 2 heterocycles. The van der Waals surface area contributed by atoms with Crippen molar-refractivity contribution in [3.8, 4) is 17.3 Å². The Labute approximate surface area is 227 Å². The molecule has 0 radical (unpaired) electrons. The summed E-state index contributed by atoms with van der Waals surface area (Å²) in [6.45, 7) is 3.29. The predicted octanol–water partition coefficient (Wildman–Crippen LogP) is 7.05. The molecule has 0 aliphatic rings. The van der Waals surface area contributed by atoms with E-state index in [1.807, 2.05) is 61.5 Å². The van der Waals surface area contributed by atoms with Crippen molar-refractivity contribution < 1.29 is 22.7 Å². The Kier molecular flexibility index (Phi) is 7.10. The van der Waals surface area contributed by atoms with Crippen LogP contribution in [-0.2, 0) is 11.0 Å².